The molecule has 37 heavy (non-hydrogen) atoms. The fourth-order valence-corrected chi connectivity index (χ4v) is 4.33. The van der Waals surface area contributed by atoms with Crippen LogP contribution in [0.15, 0.2) is 53.2 Å². The lowest BCUT2D eigenvalue weighted by molar-refractivity contribution is -0.130. The van der Waals surface area contributed by atoms with Gasteiger partial charge in [-0.15, -0.1) is 0 Å². The Hall–Kier alpha value is -4.32. The van der Waals surface area contributed by atoms with Crippen LogP contribution in [0, 0.1) is 18.0 Å². The summed E-state index contributed by atoms with van der Waals surface area (Å²) >= 11 is 0.719. The molecule has 0 aliphatic carbocycles. The topological polar surface area (TPSA) is 120 Å². The van der Waals surface area contributed by atoms with Gasteiger partial charge in [0.15, 0.2) is 16.1 Å². The smallest absolute Gasteiger partial charge is 0.257 e. The number of nitrogens with zero attached hydrogens (tertiary/aromatic N) is 4. The predicted molar refractivity (Wildman–Crippen MR) is 132 cm³/mol. The normalized spacial score (nSPS) is 15.2. The van der Waals surface area contributed by atoms with E-state index in [0.717, 1.165) is 23.1 Å². The number of ether oxygens (including phenoxy) is 2. The number of likely N-dealkylation sites (tertiary alicyclic amines) is 1. The summed E-state index contributed by atoms with van der Waals surface area (Å²) in [5, 5.41) is 5.97. The fourth-order valence-electron chi connectivity index (χ4n) is 3.79. The van der Waals surface area contributed by atoms with Gasteiger partial charge in [-0.05, 0) is 49.7 Å². The lowest BCUT2D eigenvalue weighted by Crippen LogP contribution is -2.25. The van der Waals surface area contributed by atoms with Gasteiger partial charge in [-0.2, -0.15) is 9.37 Å². The highest BCUT2D eigenvalue weighted by atomic mass is 32.1. The molecule has 0 saturated carbocycles. The van der Waals surface area contributed by atoms with E-state index in [9.17, 15) is 14.0 Å². The number of benzene rings is 2. The van der Waals surface area contributed by atoms with Crippen molar-refractivity contribution in [1.29, 1.82) is 0 Å². The van der Waals surface area contributed by atoms with Gasteiger partial charge in [0.1, 0.15) is 17.2 Å². The van der Waals surface area contributed by atoms with Gasteiger partial charge in [0.2, 0.25) is 5.91 Å². The summed E-state index contributed by atoms with van der Waals surface area (Å²) in [7, 11) is 1.76. The van der Waals surface area contributed by atoms with Crippen LogP contribution >= 0.6 is 11.3 Å². The maximum absolute atomic E-state index is 13.3. The van der Waals surface area contributed by atoms with E-state index in [-0.39, 0.29) is 29.1 Å². The second kappa shape index (κ2) is 10.3. The Labute approximate surface area is 215 Å². The van der Waals surface area contributed by atoms with Crippen molar-refractivity contribution in [3.63, 3.8) is 0 Å². The summed E-state index contributed by atoms with van der Waals surface area (Å²) in [4.78, 5) is 34.8. The maximum atomic E-state index is 13.3. The Morgan fingerprint density at radius 3 is 2.65 bits per heavy atom. The number of hydrogen-bond acceptors (Lipinski definition) is 9. The first-order chi connectivity index (χ1) is 17.8. The van der Waals surface area contributed by atoms with Gasteiger partial charge in [-0.3, -0.25) is 14.9 Å². The summed E-state index contributed by atoms with van der Waals surface area (Å²) in [5.41, 5.74) is 0.947. The van der Waals surface area contributed by atoms with E-state index in [0.29, 0.717) is 41.9 Å². The van der Waals surface area contributed by atoms with Crippen molar-refractivity contribution in [1.82, 2.24) is 20.0 Å². The zero-order valence-corrected chi connectivity index (χ0v) is 20.8. The number of nitrogens with one attached hydrogen (secondary N) is 1. The third-order valence-corrected chi connectivity index (χ3v) is 6.40. The number of anilines is 1. The molecule has 0 bridgehead atoms. The molecule has 0 radical (unpaired) electrons. The second-order valence-electron chi connectivity index (χ2n) is 8.45. The van der Waals surface area contributed by atoms with Crippen LogP contribution in [0.4, 0.5) is 9.52 Å². The molecule has 2 amide bonds. The molecule has 12 heteroatoms. The number of hydrogen-bond donors (Lipinski definition) is 1. The molecule has 5 rings (SSSR count). The van der Waals surface area contributed by atoms with Crippen molar-refractivity contribution in [2.45, 2.75) is 13.3 Å². The molecule has 1 aliphatic heterocycles. The molecule has 10 nitrogen and oxygen atoms in total. The molecular formula is C25H22FN5O5S. The van der Waals surface area contributed by atoms with Crippen molar-refractivity contribution in [2.24, 2.45) is 5.92 Å². The van der Waals surface area contributed by atoms with Crippen LogP contribution in [0.1, 0.15) is 22.6 Å². The highest BCUT2D eigenvalue weighted by molar-refractivity contribution is 7.14. The van der Waals surface area contributed by atoms with E-state index >= 15 is 0 Å². The monoisotopic (exact) mass is 523 g/mol. The minimum absolute atomic E-state index is 0.0210. The van der Waals surface area contributed by atoms with E-state index in [4.69, 9.17) is 14.0 Å². The quantitative estimate of drug-likeness (QED) is 0.357. The fraction of sp³-hybridized carbons (Fsp3) is 0.240. The van der Waals surface area contributed by atoms with Gasteiger partial charge in [0.25, 0.3) is 11.8 Å². The number of halogens is 1. The Kier molecular flexibility index (Phi) is 6.82. The lowest BCUT2D eigenvalue weighted by Gasteiger charge is -2.14. The molecule has 1 N–H and O–H groups in total. The number of thiazole rings is 1. The van der Waals surface area contributed by atoms with Crippen LogP contribution in [0.3, 0.4) is 0 Å². The van der Waals surface area contributed by atoms with Gasteiger partial charge >= 0.3 is 0 Å². The van der Waals surface area contributed by atoms with Crippen LogP contribution in [0.2, 0.25) is 0 Å². The molecule has 0 spiro atoms. The summed E-state index contributed by atoms with van der Waals surface area (Å²) < 4.78 is 30.4. The Morgan fingerprint density at radius 1 is 1.22 bits per heavy atom. The molecule has 1 aliphatic rings. The molecule has 1 saturated heterocycles. The third kappa shape index (κ3) is 5.75. The zero-order chi connectivity index (χ0) is 25.9. The number of carbonyl (C=O) groups excluding carboxylic acids is 2. The van der Waals surface area contributed by atoms with Crippen LogP contribution in [0.5, 0.6) is 17.2 Å². The third-order valence-electron chi connectivity index (χ3n) is 5.69. The second-order valence-corrected chi connectivity index (χ2v) is 9.43. The zero-order valence-electron chi connectivity index (χ0n) is 19.9. The standard InChI is InChI=1S/C25H22FN5O5S/c1-14-28-23(36-30-14)15-3-5-18(6-4-15)35-20-10-17(22(32)29-25-27-12-21(26)37-25)9-19(11-20)34-13-16-7-8-31(2)24(16)33/h3-6,9-12,16H,7-8,13H2,1-2H3,(H,27,29,32). The van der Waals surface area contributed by atoms with Gasteiger partial charge in [0, 0.05) is 30.8 Å². The number of rotatable bonds is 8. The van der Waals surface area contributed by atoms with E-state index in [2.05, 4.69) is 20.4 Å². The van der Waals surface area contributed by atoms with Gasteiger partial charge in [-0.1, -0.05) is 16.5 Å². The van der Waals surface area contributed by atoms with E-state index in [1.54, 1.807) is 49.2 Å². The predicted octanol–water partition coefficient (Wildman–Crippen LogP) is 4.54. The van der Waals surface area contributed by atoms with Crippen LogP contribution in [-0.2, 0) is 4.79 Å². The molecular weight excluding hydrogens is 501 g/mol. The van der Waals surface area contributed by atoms with Crippen molar-refractivity contribution < 1.29 is 28.0 Å². The number of carbonyl (C=O) groups is 2. The molecule has 2 aromatic heterocycles. The number of aryl methyl sites for hydroxylation is 1. The lowest BCUT2D eigenvalue weighted by atomic mass is 10.1. The summed E-state index contributed by atoms with van der Waals surface area (Å²) in [6.07, 6.45) is 1.73. The minimum Gasteiger partial charge on any atom is -0.493 e. The molecule has 1 unspecified atom stereocenters. The first-order valence-corrected chi connectivity index (χ1v) is 12.2. The van der Waals surface area contributed by atoms with Crippen molar-refractivity contribution in [3.05, 3.63) is 65.2 Å². The molecule has 2 aromatic carbocycles. The van der Waals surface area contributed by atoms with E-state index in [1.165, 1.54) is 12.1 Å². The Balaban J connectivity index is 1.36. The molecule has 1 fully saturated rings. The highest BCUT2D eigenvalue weighted by Crippen LogP contribution is 2.30. The Bertz CT molecular complexity index is 1440. The summed E-state index contributed by atoms with van der Waals surface area (Å²) in [5.74, 6) is 1.37. The van der Waals surface area contributed by atoms with Gasteiger partial charge in [0.05, 0.1) is 18.7 Å². The maximum Gasteiger partial charge on any atom is 0.257 e. The largest absolute Gasteiger partial charge is 0.493 e. The molecule has 3 heterocycles. The van der Waals surface area contributed by atoms with Crippen molar-refractivity contribution in [2.75, 3.05) is 25.5 Å². The van der Waals surface area contributed by atoms with Crippen LogP contribution < -0.4 is 14.8 Å². The van der Waals surface area contributed by atoms with Crippen LogP contribution in [0.25, 0.3) is 11.5 Å². The Morgan fingerprint density at radius 2 is 2.00 bits per heavy atom. The molecule has 190 valence electrons. The van der Waals surface area contributed by atoms with E-state index in [1.807, 2.05) is 0 Å². The first-order valence-electron chi connectivity index (χ1n) is 11.4. The van der Waals surface area contributed by atoms with Gasteiger partial charge < -0.3 is 18.9 Å². The average Bonchev–Trinajstić information content (AvgIpc) is 3.59. The van der Waals surface area contributed by atoms with Gasteiger partial charge in [-0.25, -0.2) is 4.98 Å². The average molecular weight is 524 g/mol. The highest BCUT2D eigenvalue weighted by Gasteiger charge is 2.29. The summed E-state index contributed by atoms with van der Waals surface area (Å²) in [6.45, 7) is 2.58. The number of aromatic nitrogens is 3. The first kappa shape index (κ1) is 24.4. The molecule has 4 aromatic rings. The van der Waals surface area contributed by atoms with E-state index < -0.39 is 11.0 Å². The van der Waals surface area contributed by atoms with Crippen molar-refractivity contribution in [3.8, 4) is 28.7 Å². The molecule has 1 atom stereocenters. The number of amides is 2. The summed E-state index contributed by atoms with van der Waals surface area (Å²) in [6, 6.07) is 11.7. The van der Waals surface area contributed by atoms with Crippen LogP contribution in [-0.4, -0.2) is 52.0 Å². The SMILES string of the molecule is Cc1noc(-c2ccc(Oc3cc(OCC4CCN(C)C4=O)cc(C(=O)Nc4ncc(F)s4)c3)cc2)n1. The van der Waals surface area contributed by atoms with Crippen molar-refractivity contribution >= 4 is 28.3 Å². The minimum atomic E-state index is -0.512.